The van der Waals surface area contributed by atoms with Gasteiger partial charge in [0.2, 0.25) is 11.8 Å². The Morgan fingerprint density at radius 2 is 1.68 bits per heavy atom. The molecule has 0 bridgehead atoms. The molecule has 304 valence electrons. The van der Waals surface area contributed by atoms with E-state index in [2.05, 4.69) is 48.5 Å². The number of fused-ring (bicyclic) bond motifs is 1. The van der Waals surface area contributed by atoms with Gasteiger partial charge in [-0.15, -0.1) is 21.5 Å². The van der Waals surface area contributed by atoms with Crippen LogP contribution in [-0.2, 0) is 16.6 Å². The molecule has 1 unspecified atom stereocenters. The van der Waals surface area contributed by atoms with E-state index in [4.69, 9.17) is 5.10 Å². The standard InChI is InChI=1S/C45H49N9O4S/c1-26(2)41(44(58)54-20-33(55)18-38(54)43(57)47-27(3)29-10-12-30(13-11-29)42-28(4)46-25-59-42)37-19-40(51(5)50-37)53-23-45(24-53)21-52(22-45)32-15-14-31-16-36(49-48-35(31)17-32)34-8-6-7-9-39(34)56/h6-17,19,25-27,33,38,41,55-56H,18,20-24H2,1-5H3,(H,47,57)/t27-,33+,38-,41?/m0/s1. The maximum absolute atomic E-state index is 14.4. The number of hydrogen-bond acceptors (Lipinski definition) is 11. The number of aliphatic hydroxyl groups is 1. The van der Waals surface area contributed by atoms with Crippen LogP contribution in [0.1, 0.15) is 56.1 Å². The third kappa shape index (κ3) is 7.18. The van der Waals surface area contributed by atoms with E-state index in [1.807, 2.05) is 93.5 Å². The van der Waals surface area contributed by atoms with E-state index < -0.39 is 18.1 Å². The van der Waals surface area contributed by atoms with Crippen LogP contribution in [0.25, 0.3) is 32.6 Å². The number of anilines is 2. The fourth-order valence-corrected chi connectivity index (χ4v) is 9.99. The fraction of sp³-hybridized carbons (Fsp3) is 0.378. The maximum atomic E-state index is 14.4. The summed E-state index contributed by atoms with van der Waals surface area (Å²) in [6.45, 7) is 11.7. The predicted molar refractivity (Wildman–Crippen MR) is 229 cm³/mol. The maximum Gasteiger partial charge on any atom is 0.243 e. The zero-order chi connectivity index (χ0) is 41.2. The van der Waals surface area contributed by atoms with Gasteiger partial charge in [0, 0.05) is 74.3 Å². The van der Waals surface area contributed by atoms with Gasteiger partial charge in [-0.1, -0.05) is 56.3 Å². The lowest BCUT2D eigenvalue weighted by atomic mass is 9.72. The van der Waals surface area contributed by atoms with Gasteiger partial charge in [0.25, 0.3) is 0 Å². The molecule has 3 N–H and O–H groups in total. The van der Waals surface area contributed by atoms with Crippen molar-refractivity contribution in [1.29, 1.82) is 0 Å². The highest BCUT2D eigenvalue weighted by Crippen LogP contribution is 2.45. The first-order chi connectivity index (χ1) is 28.4. The average Bonchev–Trinajstić information content (AvgIpc) is 3.91. The molecule has 3 aliphatic rings. The van der Waals surface area contributed by atoms with Crippen LogP contribution in [0.15, 0.2) is 84.4 Å². The molecule has 3 aromatic heterocycles. The van der Waals surface area contributed by atoms with E-state index >= 15 is 0 Å². The van der Waals surface area contributed by atoms with Gasteiger partial charge in [0.05, 0.1) is 51.0 Å². The van der Waals surface area contributed by atoms with Crippen molar-refractivity contribution < 1.29 is 19.8 Å². The number of aromatic hydroxyl groups is 1. The number of carbonyl (C=O) groups excluding carboxylic acids is 2. The number of amides is 2. The van der Waals surface area contributed by atoms with E-state index in [1.165, 1.54) is 0 Å². The van der Waals surface area contributed by atoms with Gasteiger partial charge >= 0.3 is 0 Å². The fourth-order valence-electron chi connectivity index (χ4n) is 9.17. The Morgan fingerprint density at radius 1 is 0.932 bits per heavy atom. The largest absolute Gasteiger partial charge is 0.507 e. The van der Waals surface area contributed by atoms with Crippen molar-refractivity contribution in [2.24, 2.45) is 18.4 Å². The van der Waals surface area contributed by atoms with E-state index in [1.54, 1.807) is 28.4 Å². The molecule has 1 spiro atoms. The summed E-state index contributed by atoms with van der Waals surface area (Å²) in [5.74, 6) is 0.0174. The number of benzene rings is 3. The Hall–Kier alpha value is -5.86. The van der Waals surface area contributed by atoms with Crippen LogP contribution >= 0.6 is 11.3 Å². The molecule has 13 nitrogen and oxygen atoms in total. The topological polar surface area (TPSA) is 153 Å². The number of phenolic OH excluding ortho intramolecular Hbond substituents is 1. The normalized spacial score (nSPS) is 19.5. The molecule has 59 heavy (non-hydrogen) atoms. The molecule has 6 heterocycles. The first kappa shape index (κ1) is 38.6. The number of phenols is 1. The highest BCUT2D eigenvalue weighted by atomic mass is 32.1. The highest BCUT2D eigenvalue weighted by Gasteiger charge is 2.53. The monoisotopic (exact) mass is 811 g/mol. The number of thiazole rings is 1. The lowest BCUT2D eigenvalue weighted by Crippen LogP contribution is -2.72. The van der Waals surface area contributed by atoms with Crippen LogP contribution < -0.4 is 15.1 Å². The van der Waals surface area contributed by atoms with Crippen molar-refractivity contribution in [3.63, 3.8) is 0 Å². The lowest BCUT2D eigenvalue weighted by Gasteiger charge is -2.61. The summed E-state index contributed by atoms with van der Waals surface area (Å²) in [7, 11) is 1.92. The minimum absolute atomic E-state index is 0.0852. The van der Waals surface area contributed by atoms with Crippen molar-refractivity contribution in [3.05, 3.63) is 101 Å². The lowest BCUT2D eigenvalue weighted by molar-refractivity contribution is -0.140. The number of aromatic nitrogens is 5. The van der Waals surface area contributed by atoms with Crippen molar-refractivity contribution in [2.45, 2.75) is 58.2 Å². The van der Waals surface area contributed by atoms with Crippen molar-refractivity contribution in [3.8, 4) is 27.4 Å². The summed E-state index contributed by atoms with van der Waals surface area (Å²) < 4.78 is 1.86. The van der Waals surface area contributed by atoms with Crippen molar-refractivity contribution in [2.75, 3.05) is 42.5 Å². The van der Waals surface area contributed by atoms with E-state index in [0.717, 1.165) is 70.3 Å². The number of para-hydroxylation sites is 1. The Labute approximate surface area is 347 Å². The molecular weight excluding hydrogens is 763 g/mol. The molecule has 9 rings (SSSR count). The zero-order valence-corrected chi connectivity index (χ0v) is 34.7. The van der Waals surface area contributed by atoms with E-state index in [0.29, 0.717) is 17.0 Å². The molecule has 3 fully saturated rings. The van der Waals surface area contributed by atoms with Crippen molar-refractivity contribution >= 4 is 45.6 Å². The summed E-state index contributed by atoms with van der Waals surface area (Å²) >= 11 is 1.60. The summed E-state index contributed by atoms with van der Waals surface area (Å²) in [5, 5.41) is 38.9. The number of β-amino-alcohol motifs (C(OH)–C–C–N with tert-alkyl or cyclic N) is 1. The Kier molecular flexibility index (Phi) is 9.87. The van der Waals surface area contributed by atoms with E-state index in [-0.39, 0.29) is 47.9 Å². The van der Waals surface area contributed by atoms with Crippen LogP contribution in [0.4, 0.5) is 11.5 Å². The smallest absolute Gasteiger partial charge is 0.243 e. The number of aliphatic hydroxyl groups excluding tert-OH is 1. The first-order valence-electron chi connectivity index (χ1n) is 20.3. The molecule has 0 saturated carbocycles. The minimum Gasteiger partial charge on any atom is -0.507 e. The number of likely N-dealkylation sites (tertiary alicyclic amines) is 1. The van der Waals surface area contributed by atoms with E-state index in [9.17, 15) is 19.8 Å². The van der Waals surface area contributed by atoms with Gasteiger partial charge in [-0.25, -0.2) is 4.98 Å². The number of rotatable bonds is 10. The molecule has 3 saturated heterocycles. The van der Waals surface area contributed by atoms with Crippen LogP contribution in [0, 0.1) is 18.3 Å². The second-order valence-corrected chi connectivity index (χ2v) is 17.8. The van der Waals surface area contributed by atoms with Crippen LogP contribution in [0.2, 0.25) is 0 Å². The molecule has 0 aliphatic carbocycles. The molecule has 4 atom stereocenters. The second kappa shape index (κ2) is 15.1. The Bertz CT molecular complexity index is 2540. The van der Waals surface area contributed by atoms with Crippen LogP contribution in [0.5, 0.6) is 5.75 Å². The quantitative estimate of drug-likeness (QED) is 0.149. The average molecular weight is 812 g/mol. The molecular formula is C45H49N9O4S. The van der Waals surface area contributed by atoms with Gasteiger partial charge in [0.15, 0.2) is 0 Å². The molecule has 3 aromatic carbocycles. The number of nitrogens with one attached hydrogen (secondary N) is 1. The van der Waals surface area contributed by atoms with Gasteiger partial charge < -0.3 is 30.2 Å². The number of hydrogen-bond donors (Lipinski definition) is 3. The number of carbonyl (C=O) groups is 2. The zero-order valence-electron chi connectivity index (χ0n) is 33.9. The summed E-state index contributed by atoms with van der Waals surface area (Å²) in [6.07, 6.45) is -0.601. The molecule has 3 aliphatic heterocycles. The molecule has 6 aromatic rings. The molecule has 0 radical (unpaired) electrons. The van der Waals surface area contributed by atoms with Gasteiger partial charge in [-0.05, 0) is 61.2 Å². The van der Waals surface area contributed by atoms with Crippen LogP contribution in [0.3, 0.4) is 0 Å². The van der Waals surface area contributed by atoms with Crippen molar-refractivity contribution in [1.82, 2.24) is 35.2 Å². The summed E-state index contributed by atoms with van der Waals surface area (Å²) in [5.41, 5.74) is 8.91. The second-order valence-electron chi connectivity index (χ2n) is 17.0. The minimum atomic E-state index is -0.788. The number of aryl methyl sites for hydroxylation is 2. The molecule has 14 heteroatoms. The third-order valence-electron chi connectivity index (χ3n) is 12.3. The number of nitrogens with zero attached hydrogens (tertiary/aromatic N) is 8. The summed E-state index contributed by atoms with van der Waals surface area (Å²) in [4.78, 5) is 39.9. The molecule has 2 amide bonds. The predicted octanol–water partition coefficient (Wildman–Crippen LogP) is 6.07. The van der Waals surface area contributed by atoms with Gasteiger partial charge in [0.1, 0.15) is 17.6 Å². The highest BCUT2D eigenvalue weighted by molar-refractivity contribution is 7.13. The summed E-state index contributed by atoms with van der Waals surface area (Å²) in [6, 6.07) is 24.4. The third-order valence-corrected chi connectivity index (χ3v) is 13.3. The Morgan fingerprint density at radius 3 is 2.39 bits per heavy atom. The van der Waals surface area contributed by atoms with Gasteiger partial charge in [-0.3, -0.25) is 14.3 Å². The van der Waals surface area contributed by atoms with Gasteiger partial charge in [-0.2, -0.15) is 5.10 Å². The Balaban J connectivity index is 0.832. The van der Waals surface area contributed by atoms with Crippen LogP contribution in [-0.4, -0.2) is 96.8 Å². The SMILES string of the molecule is Cc1ncsc1-c1ccc([C@H](C)NC(=O)[C@@H]2C[C@@H](O)CN2C(=O)C(c2cc(N3CC4(CN(c5ccc6cc(-c7ccccc7O)nnc6c5)C4)C3)n(C)n2)C(C)C)cc1. The first-order valence-corrected chi connectivity index (χ1v) is 21.1.